The van der Waals surface area contributed by atoms with Crippen molar-refractivity contribution in [1.82, 2.24) is 4.48 Å². The fourth-order valence-corrected chi connectivity index (χ4v) is 3.85. The summed E-state index contributed by atoms with van der Waals surface area (Å²) in [6.45, 7) is 9.34. The van der Waals surface area contributed by atoms with Crippen molar-refractivity contribution >= 4 is 11.5 Å². The molecule has 0 bridgehead atoms. The van der Waals surface area contributed by atoms with E-state index in [1.807, 2.05) is 42.5 Å². The molecule has 0 atom stereocenters. The number of rotatable bonds is 3. The van der Waals surface area contributed by atoms with Crippen LogP contribution in [0.1, 0.15) is 49.5 Å². The zero-order valence-corrected chi connectivity index (χ0v) is 14.4. The van der Waals surface area contributed by atoms with Crippen LogP contribution in [-0.2, 0) is 0 Å². The van der Waals surface area contributed by atoms with Crippen LogP contribution in [0, 0.1) is 0 Å². The molecule has 1 heterocycles. The molecule has 0 radical (unpaired) electrons. The van der Waals surface area contributed by atoms with Crippen LogP contribution in [0.25, 0.3) is 0 Å². The number of carbonyl (C=O) groups is 1. The van der Waals surface area contributed by atoms with Crippen molar-refractivity contribution in [2.45, 2.75) is 39.2 Å². The molecule has 120 valence electrons. The molecule has 0 unspecified atom stereocenters. The lowest BCUT2D eigenvalue weighted by atomic mass is 9.98. The minimum atomic E-state index is 0.0980. The highest BCUT2D eigenvalue weighted by Crippen LogP contribution is 2.38. The Morgan fingerprint density at radius 1 is 0.826 bits per heavy atom. The molecule has 0 aliphatic carbocycles. The van der Waals surface area contributed by atoms with E-state index >= 15 is 0 Å². The average molecular weight is 308 g/mol. The van der Waals surface area contributed by atoms with Crippen LogP contribution in [0.4, 0.5) is 5.69 Å². The van der Waals surface area contributed by atoms with Gasteiger partial charge in [-0.05, 0) is 45.0 Å². The van der Waals surface area contributed by atoms with Crippen molar-refractivity contribution in [2.24, 2.45) is 0 Å². The average Bonchev–Trinajstić information content (AvgIpc) is 3.06. The summed E-state index contributed by atoms with van der Waals surface area (Å²) in [6.07, 6.45) is 2.56. The second-order valence-electron chi connectivity index (χ2n) is 7.54. The van der Waals surface area contributed by atoms with E-state index in [1.54, 1.807) is 0 Å². The Morgan fingerprint density at radius 3 is 1.87 bits per heavy atom. The highest BCUT2D eigenvalue weighted by Gasteiger charge is 2.44. The number of benzene rings is 2. The minimum absolute atomic E-state index is 0.0980. The zero-order chi connectivity index (χ0) is 16.5. The molecule has 23 heavy (non-hydrogen) atoms. The molecule has 0 spiro atoms. The van der Waals surface area contributed by atoms with Gasteiger partial charge in [-0.2, -0.15) is 0 Å². The van der Waals surface area contributed by atoms with Crippen LogP contribution in [0.2, 0.25) is 0 Å². The Hall–Kier alpha value is -1.93. The van der Waals surface area contributed by atoms with Gasteiger partial charge in [0, 0.05) is 24.0 Å². The molecule has 0 N–H and O–H groups in total. The molecule has 0 amide bonds. The van der Waals surface area contributed by atoms with Gasteiger partial charge in [-0.25, -0.2) is 0 Å². The summed E-state index contributed by atoms with van der Waals surface area (Å²) in [7, 11) is 0. The molecule has 1 aliphatic heterocycles. The largest absolute Gasteiger partial charge is 0.289 e. The molecule has 1 saturated heterocycles. The van der Waals surface area contributed by atoms with Gasteiger partial charge in [0.1, 0.15) is 5.69 Å². The maximum absolute atomic E-state index is 12.6. The van der Waals surface area contributed by atoms with Crippen molar-refractivity contribution in [1.29, 1.82) is 0 Å². The zero-order valence-electron chi connectivity index (χ0n) is 14.4. The van der Waals surface area contributed by atoms with Gasteiger partial charge in [0.05, 0.1) is 18.6 Å². The first-order chi connectivity index (χ1) is 10.9. The lowest BCUT2D eigenvalue weighted by Crippen LogP contribution is -2.59. The van der Waals surface area contributed by atoms with Gasteiger partial charge < -0.3 is 0 Å². The topological polar surface area (TPSA) is 17.1 Å². The number of nitrogens with zero attached hydrogens (tertiary/aromatic N) is 1. The molecule has 1 fully saturated rings. The van der Waals surface area contributed by atoms with Gasteiger partial charge in [-0.3, -0.25) is 9.28 Å². The van der Waals surface area contributed by atoms with E-state index in [9.17, 15) is 4.79 Å². The highest BCUT2D eigenvalue weighted by molar-refractivity contribution is 6.09. The second-order valence-corrected chi connectivity index (χ2v) is 7.54. The monoisotopic (exact) mass is 308 g/mol. The Morgan fingerprint density at radius 2 is 1.35 bits per heavy atom. The maximum Gasteiger partial charge on any atom is 0.193 e. The first-order valence-corrected chi connectivity index (χ1v) is 8.52. The summed E-state index contributed by atoms with van der Waals surface area (Å²) in [6, 6.07) is 17.8. The van der Waals surface area contributed by atoms with Gasteiger partial charge >= 0.3 is 0 Å². The molecule has 1 aliphatic rings. The van der Waals surface area contributed by atoms with Crippen LogP contribution in [-0.4, -0.2) is 24.4 Å². The molecule has 2 aromatic carbocycles. The lowest BCUT2D eigenvalue weighted by Gasteiger charge is -2.45. The summed E-state index contributed by atoms with van der Waals surface area (Å²) in [5.74, 6) is 0.0980. The van der Waals surface area contributed by atoms with Crippen molar-refractivity contribution in [3.05, 3.63) is 65.7 Å². The van der Waals surface area contributed by atoms with Crippen molar-refractivity contribution in [2.75, 3.05) is 13.1 Å². The third-order valence-electron chi connectivity index (χ3n) is 5.27. The van der Waals surface area contributed by atoms with Crippen LogP contribution >= 0.6 is 0 Å². The van der Waals surface area contributed by atoms with E-state index in [0.717, 1.165) is 15.6 Å². The van der Waals surface area contributed by atoms with Crippen LogP contribution in [0.3, 0.4) is 0 Å². The van der Waals surface area contributed by atoms with E-state index in [4.69, 9.17) is 0 Å². The van der Waals surface area contributed by atoms with Gasteiger partial charge in [-0.15, -0.1) is 0 Å². The fraction of sp³-hybridized carbons (Fsp3) is 0.381. The summed E-state index contributed by atoms with van der Waals surface area (Å²) in [4.78, 5) is 12.6. The Balaban J connectivity index is 1.92. The molecular formula is C21H26NO+. The summed E-state index contributed by atoms with van der Waals surface area (Å²) in [5.41, 5.74) is 3.04. The van der Waals surface area contributed by atoms with Crippen molar-refractivity contribution in [3.63, 3.8) is 0 Å². The molecule has 2 nitrogen and oxygen atoms in total. The van der Waals surface area contributed by atoms with E-state index in [1.165, 1.54) is 31.6 Å². The van der Waals surface area contributed by atoms with E-state index in [0.29, 0.717) is 0 Å². The number of ketones is 1. The molecular weight excluding hydrogens is 282 g/mol. The molecule has 3 rings (SSSR count). The van der Waals surface area contributed by atoms with Crippen molar-refractivity contribution < 1.29 is 4.79 Å². The van der Waals surface area contributed by atoms with Crippen molar-refractivity contribution in [3.8, 4) is 0 Å². The SMILES string of the molecule is CC(C)(C)[N+]1(c2ccc(C(=O)c3ccccc3)cc2)CCCC1. The van der Waals surface area contributed by atoms with Crippen LogP contribution < -0.4 is 4.48 Å². The number of likely N-dealkylation sites (tertiary alicyclic amines) is 1. The third kappa shape index (κ3) is 2.84. The number of quaternary nitrogens is 1. The third-order valence-corrected chi connectivity index (χ3v) is 5.27. The first kappa shape index (κ1) is 15.9. The fourth-order valence-electron chi connectivity index (χ4n) is 3.85. The van der Waals surface area contributed by atoms with Gasteiger partial charge in [0.15, 0.2) is 5.78 Å². The number of carbonyl (C=O) groups excluding carboxylic acids is 1. The van der Waals surface area contributed by atoms with Gasteiger partial charge in [-0.1, -0.05) is 30.3 Å². The first-order valence-electron chi connectivity index (χ1n) is 8.52. The number of hydrogen-bond acceptors (Lipinski definition) is 1. The predicted molar refractivity (Wildman–Crippen MR) is 96.8 cm³/mol. The summed E-state index contributed by atoms with van der Waals surface area (Å²) in [5, 5.41) is 0. The van der Waals surface area contributed by atoms with Crippen LogP contribution in [0.5, 0.6) is 0 Å². The molecule has 0 aromatic heterocycles. The smallest absolute Gasteiger partial charge is 0.193 e. The van der Waals surface area contributed by atoms with E-state index < -0.39 is 0 Å². The normalized spacial score (nSPS) is 17.2. The second kappa shape index (κ2) is 5.93. The molecule has 2 aromatic rings. The van der Waals surface area contributed by atoms with E-state index in [-0.39, 0.29) is 11.3 Å². The number of hydrogen-bond donors (Lipinski definition) is 0. The van der Waals surface area contributed by atoms with Gasteiger partial charge in [0.2, 0.25) is 0 Å². The quantitative estimate of drug-likeness (QED) is 0.587. The summed E-state index contributed by atoms with van der Waals surface area (Å²) < 4.78 is 1.02. The summed E-state index contributed by atoms with van der Waals surface area (Å²) >= 11 is 0. The van der Waals surface area contributed by atoms with E-state index in [2.05, 4.69) is 32.9 Å². The minimum Gasteiger partial charge on any atom is -0.289 e. The van der Waals surface area contributed by atoms with Crippen LogP contribution in [0.15, 0.2) is 54.6 Å². The highest BCUT2D eigenvalue weighted by atomic mass is 16.1. The Kier molecular flexibility index (Phi) is 4.11. The molecule has 0 saturated carbocycles. The predicted octanol–water partition coefficient (Wildman–Crippen LogP) is 4.82. The van der Waals surface area contributed by atoms with Gasteiger partial charge in [0.25, 0.3) is 0 Å². The Labute approximate surface area is 139 Å². The molecule has 2 heteroatoms. The lowest BCUT2D eigenvalue weighted by molar-refractivity contribution is 0.103. The maximum atomic E-state index is 12.6. The standard InChI is InChI=1S/C21H26NO/c1-21(2,3)22(15-7-8-16-22)19-13-11-18(12-14-19)20(23)17-9-5-4-6-10-17/h4-6,9-14H,7-8,15-16H2,1-3H3/q+1. The Bertz CT molecular complexity index is 674.